The summed E-state index contributed by atoms with van der Waals surface area (Å²) in [6.45, 7) is 3.83. The van der Waals surface area contributed by atoms with Gasteiger partial charge in [0.1, 0.15) is 0 Å². The molecule has 0 unspecified atom stereocenters. The van der Waals surface area contributed by atoms with Crippen molar-refractivity contribution in [2.75, 3.05) is 5.84 Å². The maximum atomic E-state index is 11.1. The molecule has 0 bridgehead atoms. The van der Waals surface area contributed by atoms with Crippen molar-refractivity contribution >= 4 is 17.7 Å². The molecule has 0 saturated carbocycles. The Kier molecular flexibility index (Phi) is 4.85. The van der Waals surface area contributed by atoms with Crippen molar-refractivity contribution in [3.8, 4) is 0 Å². The third kappa shape index (κ3) is 3.75. The highest BCUT2D eigenvalue weighted by Crippen LogP contribution is 2.23. The van der Waals surface area contributed by atoms with E-state index in [9.17, 15) is 4.79 Å². The van der Waals surface area contributed by atoms with Gasteiger partial charge in [0.25, 0.3) is 0 Å². The van der Waals surface area contributed by atoms with Crippen LogP contribution in [-0.2, 0) is 11.2 Å². The van der Waals surface area contributed by atoms with Gasteiger partial charge in [0.05, 0.1) is 5.25 Å². The van der Waals surface area contributed by atoms with Gasteiger partial charge in [-0.2, -0.15) is 0 Å². The summed E-state index contributed by atoms with van der Waals surface area (Å²) in [5.74, 6) is 6.56. The second-order valence-electron chi connectivity index (χ2n) is 4.95. The fourth-order valence-corrected chi connectivity index (χ4v) is 2.66. The number of nitrogens with zero attached hydrogens (tertiary/aromatic N) is 3. The lowest BCUT2D eigenvalue weighted by Crippen LogP contribution is -2.24. The van der Waals surface area contributed by atoms with Crippen LogP contribution in [0.3, 0.4) is 0 Å². The second kappa shape index (κ2) is 6.62. The van der Waals surface area contributed by atoms with E-state index in [2.05, 4.69) is 29.3 Å². The van der Waals surface area contributed by atoms with Gasteiger partial charge in [-0.3, -0.25) is 4.79 Å². The maximum absolute atomic E-state index is 11.1. The Morgan fingerprint density at radius 1 is 1.29 bits per heavy atom. The van der Waals surface area contributed by atoms with Crippen LogP contribution in [0.1, 0.15) is 31.2 Å². The van der Waals surface area contributed by atoms with Gasteiger partial charge in [-0.1, -0.05) is 49.0 Å². The lowest BCUT2D eigenvalue weighted by molar-refractivity contribution is -0.117. The molecule has 0 saturated heterocycles. The molecule has 0 spiro atoms. The Bertz CT molecular complexity index is 613. The zero-order valence-electron chi connectivity index (χ0n) is 12.1. The van der Waals surface area contributed by atoms with Gasteiger partial charge in [0.2, 0.25) is 11.1 Å². The number of carbonyl (C=O) groups excluding carboxylic acids is 1. The van der Waals surface area contributed by atoms with Gasteiger partial charge < -0.3 is 11.6 Å². The lowest BCUT2D eigenvalue weighted by atomic mass is 9.98. The smallest absolute Gasteiger partial charge is 0.230 e. The molecule has 0 aliphatic carbocycles. The van der Waals surface area contributed by atoms with E-state index in [4.69, 9.17) is 11.6 Å². The van der Waals surface area contributed by atoms with Gasteiger partial charge in [0.15, 0.2) is 5.82 Å². The van der Waals surface area contributed by atoms with Gasteiger partial charge in [-0.05, 0) is 18.4 Å². The zero-order chi connectivity index (χ0) is 15.4. The van der Waals surface area contributed by atoms with Crippen LogP contribution in [-0.4, -0.2) is 26.0 Å². The summed E-state index contributed by atoms with van der Waals surface area (Å²) in [5.41, 5.74) is 6.46. The lowest BCUT2D eigenvalue weighted by Gasteiger charge is -2.11. The van der Waals surface area contributed by atoms with Crippen molar-refractivity contribution in [1.82, 2.24) is 14.9 Å². The van der Waals surface area contributed by atoms with Crippen LogP contribution in [0.5, 0.6) is 0 Å². The van der Waals surface area contributed by atoms with Crippen LogP contribution in [0.15, 0.2) is 35.5 Å². The molecule has 1 heterocycles. The van der Waals surface area contributed by atoms with Gasteiger partial charge >= 0.3 is 0 Å². The van der Waals surface area contributed by atoms with Crippen molar-refractivity contribution in [2.45, 2.75) is 36.6 Å². The zero-order valence-corrected chi connectivity index (χ0v) is 12.9. The van der Waals surface area contributed by atoms with Crippen molar-refractivity contribution in [2.24, 2.45) is 5.73 Å². The van der Waals surface area contributed by atoms with E-state index in [1.807, 2.05) is 18.2 Å². The van der Waals surface area contributed by atoms with E-state index in [1.54, 1.807) is 6.92 Å². The molecule has 6 nitrogen and oxygen atoms in total. The SMILES string of the molecule is C[C@@H](Sc1nnc(C[C@H](C)c2ccccc2)n1N)C(N)=O. The molecular weight excluding hydrogens is 286 g/mol. The van der Waals surface area contributed by atoms with Gasteiger partial charge in [-0.15, -0.1) is 10.2 Å². The van der Waals surface area contributed by atoms with Crippen LogP contribution >= 0.6 is 11.8 Å². The number of rotatable bonds is 6. The standard InChI is InChI=1S/C14H19N5OS/c1-9(11-6-4-3-5-7-11)8-12-17-18-14(19(12)16)21-10(2)13(15)20/h3-7,9-10H,8,16H2,1-2H3,(H2,15,20)/t9-,10+/m0/s1. The van der Waals surface area contributed by atoms with Gasteiger partial charge in [0, 0.05) is 6.42 Å². The van der Waals surface area contributed by atoms with Crippen molar-refractivity contribution in [3.63, 3.8) is 0 Å². The molecule has 4 N–H and O–H groups in total. The van der Waals surface area contributed by atoms with E-state index < -0.39 is 11.2 Å². The number of amides is 1. The predicted octanol–water partition coefficient (Wildman–Crippen LogP) is 1.30. The average Bonchev–Trinajstić information content (AvgIpc) is 2.81. The third-order valence-corrected chi connectivity index (χ3v) is 4.35. The molecule has 1 amide bonds. The van der Waals surface area contributed by atoms with E-state index in [0.717, 1.165) is 0 Å². The monoisotopic (exact) mass is 305 g/mol. The fourth-order valence-electron chi connectivity index (χ4n) is 1.92. The highest BCUT2D eigenvalue weighted by atomic mass is 32.2. The highest BCUT2D eigenvalue weighted by molar-refractivity contribution is 8.00. The first kappa shape index (κ1) is 15.4. The number of benzene rings is 1. The number of nitrogen functional groups attached to an aromatic ring is 1. The first-order valence-corrected chi connectivity index (χ1v) is 7.57. The summed E-state index contributed by atoms with van der Waals surface area (Å²) >= 11 is 1.21. The number of hydrogen-bond donors (Lipinski definition) is 2. The molecule has 0 aliphatic heterocycles. The molecular formula is C14H19N5OS. The maximum Gasteiger partial charge on any atom is 0.230 e. The summed E-state index contributed by atoms with van der Waals surface area (Å²) in [5, 5.41) is 8.24. The normalized spacial score (nSPS) is 13.8. The molecule has 1 aromatic heterocycles. The molecule has 112 valence electrons. The van der Waals surface area contributed by atoms with E-state index in [-0.39, 0.29) is 5.92 Å². The number of aromatic nitrogens is 3. The molecule has 1 aromatic carbocycles. The van der Waals surface area contributed by atoms with Crippen LogP contribution < -0.4 is 11.6 Å². The highest BCUT2D eigenvalue weighted by Gasteiger charge is 2.18. The summed E-state index contributed by atoms with van der Waals surface area (Å²) in [7, 11) is 0. The number of thioether (sulfide) groups is 1. The quantitative estimate of drug-likeness (QED) is 0.619. The van der Waals surface area contributed by atoms with Crippen molar-refractivity contribution < 1.29 is 4.79 Å². The Labute approximate surface area is 127 Å². The topological polar surface area (TPSA) is 99.8 Å². The minimum Gasteiger partial charge on any atom is -0.369 e. The molecule has 7 heteroatoms. The molecule has 2 rings (SSSR count). The number of carbonyl (C=O) groups is 1. The van der Waals surface area contributed by atoms with E-state index in [1.165, 1.54) is 22.0 Å². The number of hydrogen-bond acceptors (Lipinski definition) is 5. The largest absolute Gasteiger partial charge is 0.369 e. The van der Waals surface area contributed by atoms with Crippen molar-refractivity contribution in [3.05, 3.63) is 41.7 Å². The van der Waals surface area contributed by atoms with E-state index in [0.29, 0.717) is 17.4 Å². The van der Waals surface area contributed by atoms with Crippen LogP contribution in [0.2, 0.25) is 0 Å². The Hall–Kier alpha value is -2.02. The fraction of sp³-hybridized carbons (Fsp3) is 0.357. The predicted molar refractivity (Wildman–Crippen MR) is 83.2 cm³/mol. The van der Waals surface area contributed by atoms with Crippen LogP contribution in [0, 0.1) is 0 Å². The van der Waals surface area contributed by atoms with Crippen LogP contribution in [0.25, 0.3) is 0 Å². The Morgan fingerprint density at radius 2 is 1.95 bits per heavy atom. The first-order chi connectivity index (χ1) is 9.99. The molecule has 0 aliphatic rings. The third-order valence-electron chi connectivity index (χ3n) is 3.28. The van der Waals surface area contributed by atoms with Crippen LogP contribution in [0.4, 0.5) is 0 Å². The molecule has 21 heavy (non-hydrogen) atoms. The van der Waals surface area contributed by atoms with Crippen molar-refractivity contribution in [1.29, 1.82) is 0 Å². The Balaban J connectivity index is 2.08. The summed E-state index contributed by atoms with van der Waals surface area (Å²) in [6.07, 6.45) is 0.680. The molecule has 0 radical (unpaired) electrons. The minimum absolute atomic E-state index is 0.282. The number of primary amides is 1. The molecule has 0 fully saturated rings. The average molecular weight is 305 g/mol. The Morgan fingerprint density at radius 3 is 2.57 bits per heavy atom. The number of nitrogens with two attached hydrogens (primary N) is 2. The van der Waals surface area contributed by atoms with E-state index >= 15 is 0 Å². The van der Waals surface area contributed by atoms with Gasteiger partial charge in [-0.25, -0.2) is 4.68 Å². The first-order valence-electron chi connectivity index (χ1n) is 6.69. The molecule has 2 atom stereocenters. The summed E-state index contributed by atoms with van der Waals surface area (Å²) in [4.78, 5) is 11.1. The minimum atomic E-state index is -0.401. The molecule has 2 aromatic rings. The summed E-state index contributed by atoms with van der Waals surface area (Å²) < 4.78 is 1.43. The second-order valence-corrected chi connectivity index (χ2v) is 6.26. The summed E-state index contributed by atoms with van der Waals surface area (Å²) in [6, 6.07) is 10.2.